The molecule has 0 unspecified atom stereocenters. The van der Waals surface area contributed by atoms with E-state index in [-0.39, 0.29) is 17.8 Å². The zero-order chi connectivity index (χ0) is 23.0. The van der Waals surface area contributed by atoms with E-state index in [0.717, 1.165) is 23.9 Å². The van der Waals surface area contributed by atoms with Crippen molar-refractivity contribution >= 4 is 23.2 Å². The smallest absolute Gasteiger partial charge is 0.417 e. The molecule has 2 N–H and O–H groups in total. The van der Waals surface area contributed by atoms with Crippen molar-refractivity contribution in [1.29, 1.82) is 5.26 Å². The fourth-order valence-electron chi connectivity index (χ4n) is 2.59. The Morgan fingerprint density at radius 1 is 1.16 bits per heavy atom. The van der Waals surface area contributed by atoms with Gasteiger partial charge in [-0.25, -0.2) is 0 Å². The summed E-state index contributed by atoms with van der Waals surface area (Å²) in [5.74, 6) is 0.460. The predicted molar refractivity (Wildman–Crippen MR) is 110 cm³/mol. The van der Waals surface area contributed by atoms with Gasteiger partial charge in [0.25, 0.3) is 5.91 Å². The standard InChI is InChI=1S/C21H19ClF3N3O3/c1-30-18-6-3-13(9-19(18)31-2)7-8-27-20(29)14(11-26)12-28-15-4-5-17(22)16(10-15)21(23,24)25/h3-6,9-10,12,28H,7-8H2,1-2H3,(H,27,29)/b14-12-. The molecule has 2 aromatic carbocycles. The Kier molecular flexibility index (Phi) is 8.16. The minimum absolute atomic E-state index is 0.0302. The Morgan fingerprint density at radius 2 is 1.87 bits per heavy atom. The molecule has 0 spiro atoms. The molecule has 0 aliphatic rings. The van der Waals surface area contributed by atoms with Crippen LogP contribution in [-0.4, -0.2) is 26.7 Å². The second-order valence-electron chi connectivity index (χ2n) is 6.20. The summed E-state index contributed by atoms with van der Waals surface area (Å²) >= 11 is 5.57. The summed E-state index contributed by atoms with van der Waals surface area (Å²) in [5.41, 5.74) is -0.414. The lowest BCUT2D eigenvalue weighted by molar-refractivity contribution is -0.137. The van der Waals surface area contributed by atoms with Crippen molar-refractivity contribution < 1.29 is 27.4 Å². The molecule has 0 aliphatic heterocycles. The highest BCUT2D eigenvalue weighted by molar-refractivity contribution is 6.31. The molecule has 2 aromatic rings. The van der Waals surface area contributed by atoms with Gasteiger partial charge in [-0.15, -0.1) is 0 Å². The van der Waals surface area contributed by atoms with Crippen LogP contribution in [0.5, 0.6) is 11.5 Å². The van der Waals surface area contributed by atoms with Crippen LogP contribution in [0.15, 0.2) is 48.2 Å². The topological polar surface area (TPSA) is 83.4 Å². The fourth-order valence-corrected chi connectivity index (χ4v) is 2.81. The molecule has 0 saturated carbocycles. The molecular weight excluding hydrogens is 435 g/mol. The minimum atomic E-state index is -4.63. The van der Waals surface area contributed by atoms with Gasteiger partial charge < -0.3 is 20.1 Å². The Labute approximate surface area is 182 Å². The number of hydrogen-bond acceptors (Lipinski definition) is 5. The van der Waals surface area contributed by atoms with E-state index in [9.17, 15) is 23.2 Å². The number of carbonyl (C=O) groups is 1. The fraction of sp³-hybridized carbons (Fsp3) is 0.238. The summed E-state index contributed by atoms with van der Waals surface area (Å²) in [4.78, 5) is 12.2. The number of amides is 1. The van der Waals surface area contributed by atoms with Crippen molar-refractivity contribution in [2.75, 3.05) is 26.1 Å². The van der Waals surface area contributed by atoms with Gasteiger partial charge in [0.1, 0.15) is 11.6 Å². The van der Waals surface area contributed by atoms with Crippen molar-refractivity contribution in [2.24, 2.45) is 0 Å². The Morgan fingerprint density at radius 3 is 2.48 bits per heavy atom. The molecule has 2 rings (SSSR count). The maximum absolute atomic E-state index is 12.9. The first-order chi connectivity index (χ1) is 14.7. The van der Waals surface area contributed by atoms with Crippen molar-refractivity contribution in [2.45, 2.75) is 12.6 Å². The van der Waals surface area contributed by atoms with E-state index >= 15 is 0 Å². The van der Waals surface area contributed by atoms with Gasteiger partial charge in [0.05, 0.1) is 24.8 Å². The second kappa shape index (κ2) is 10.6. The van der Waals surface area contributed by atoms with Gasteiger partial charge in [0.15, 0.2) is 11.5 Å². The van der Waals surface area contributed by atoms with Crippen molar-refractivity contribution in [3.05, 3.63) is 64.3 Å². The van der Waals surface area contributed by atoms with Crippen LogP contribution in [-0.2, 0) is 17.4 Å². The molecule has 0 aliphatic carbocycles. The van der Waals surface area contributed by atoms with E-state index in [1.54, 1.807) is 18.2 Å². The summed E-state index contributed by atoms with van der Waals surface area (Å²) in [5, 5.41) is 13.8. The number of benzene rings is 2. The number of anilines is 1. The van der Waals surface area contributed by atoms with Crippen LogP contribution in [0.1, 0.15) is 11.1 Å². The SMILES string of the molecule is COc1ccc(CCNC(=O)/C(C#N)=C\Nc2ccc(Cl)c(C(F)(F)F)c2)cc1OC. The van der Waals surface area contributed by atoms with E-state index in [1.807, 2.05) is 6.07 Å². The molecule has 0 radical (unpaired) electrons. The van der Waals surface area contributed by atoms with Crippen LogP contribution in [0.2, 0.25) is 5.02 Å². The number of ether oxygens (including phenoxy) is 2. The number of nitrogens with one attached hydrogen (secondary N) is 2. The number of hydrogen-bond donors (Lipinski definition) is 2. The summed E-state index contributed by atoms with van der Waals surface area (Å²) < 4.78 is 49.2. The number of alkyl halides is 3. The second-order valence-corrected chi connectivity index (χ2v) is 6.61. The van der Waals surface area contributed by atoms with Crippen LogP contribution in [0.4, 0.5) is 18.9 Å². The van der Waals surface area contributed by atoms with Crippen LogP contribution in [0, 0.1) is 11.3 Å². The molecule has 164 valence electrons. The molecule has 1 amide bonds. The number of methoxy groups -OCH3 is 2. The van der Waals surface area contributed by atoms with Gasteiger partial charge in [0, 0.05) is 18.4 Å². The van der Waals surface area contributed by atoms with E-state index in [1.165, 1.54) is 20.3 Å². The largest absolute Gasteiger partial charge is 0.493 e. The maximum atomic E-state index is 12.9. The van der Waals surface area contributed by atoms with Gasteiger partial charge in [-0.2, -0.15) is 18.4 Å². The summed E-state index contributed by atoms with van der Waals surface area (Å²) in [6.45, 7) is 0.229. The highest BCUT2D eigenvalue weighted by Gasteiger charge is 2.33. The first kappa shape index (κ1) is 23.9. The van der Waals surface area contributed by atoms with E-state index in [4.69, 9.17) is 21.1 Å². The first-order valence-corrected chi connectivity index (χ1v) is 9.30. The average molecular weight is 454 g/mol. The number of rotatable bonds is 8. The molecule has 0 heterocycles. The van der Waals surface area contributed by atoms with E-state index in [2.05, 4.69) is 10.6 Å². The van der Waals surface area contributed by atoms with E-state index in [0.29, 0.717) is 17.9 Å². The third-order valence-electron chi connectivity index (χ3n) is 4.17. The van der Waals surface area contributed by atoms with Crippen LogP contribution >= 0.6 is 11.6 Å². The molecule has 6 nitrogen and oxygen atoms in total. The lowest BCUT2D eigenvalue weighted by Gasteiger charge is -2.11. The monoisotopic (exact) mass is 453 g/mol. The summed E-state index contributed by atoms with van der Waals surface area (Å²) in [6.07, 6.45) is -3.13. The van der Waals surface area contributed by atoms with E-state index < -0.39 is 22.7 Å². The van der Waals surface area contributed by atoms with Crippen LogP contribution in [0.3, 0.4) is 0 Å². The third-order valence-corrected chi connectivity index (χ3v) is 4.50. The quantitative estimate of drug-likeness (QED) is 0.452. The highest BCUT2D eigenvalue weighted by atomic mass is 35.5. The molecule has 10 heteroatoms. The minimum Gasteiger partial charge on any atom is -0.493 e. The lowest BCUT2D eigenvalue weighted by atomic mass is 10.1. The molecule has 0 atom stereocenters. The zero-order valence-electron chi connectivity index (χ0n) is 16.6. The van der Waals surface area contributed by atoms with Crippen molar-refractivity contribution in [1.82, 2.24) is 5.32 Å². The molecular formula is C21H19ClF3N3O3. The molecule has 0 fully saturated rings. The molecule has 0 saturated heterocycles. The van der Waals surface area contributed by atoms with Gasteiger partial charge in [0.2, 0.25) is 0 Å². The van der Waals surface area contributed by atoms with Crippen LogP contribution in [0.25, 0.3) is 0 Å². The normalized spacial score (nSPS) is 11.5. The Hall–Kier alpha value is -3.38. The summed E-state index contributed by atoms with van der Waals surface area (Å²) in [6, 6.07) is 10.2. The van der Waals surface area contributed by atoms with Gasteiger partial charge in [-0.05, 0) is 42.3 Å². The van der Waals surface area contributed by atoms with Gasteiger partial charge in [-0.3, -0.25) is 4.79 Å². The third kappa shape index (κ3) is 6.55. The Bertz CT molecular complexity index is 1020. The van der Waals surface area contributed by atoms with Gasteiger partial charge in [-0.1, -0.05) is 17.7 Å². The number of halogens is 4. The number of nitrogens with zero attached hydrogens (tertiary/aromatic N) is 1. The first-order valence-electron chi connectivity index (χ1n) is 8.92. The van der Waals surface area contributed by atoms with Gasteiger partial charge >= 0.3 is 6.18 Å². The van der Waals surface area contributed by atoms with Crippen molar-refractivity contribution in [3.8, 4) is 17.6 Å². The Balaban J connectivity index is 1.99. The molecule has 31 heavy (non-hydrogen) atoms. The zero-order valence-corrected chi connectivity index (χ0v) is 17.4. The number of nitriles is 1. The maximum Gasteiger partial charge on any atom is 0.417 e. The number of carbonyl (C=O) groups excluding carboxylic acids is 1. The van der Waals surface area contributed by atoms with Crippen molar-refractivity contribution in [3.63, 3.8) is 0 Å². The average Bonchev–Trinajstić information content (AvgIpc) is 2.74. The lowest BCUT2D eigenvalue weighted by Crippen LogP contribution is -2.27. The van der Waals surface area contributed by atoms with Crippen LogP contribution < -0.4 is 20.1 Å². The predicted octanol–water partition coefficient (Wildman–Crippen LogP) is 4.55. The highest BCUT2D eigenvalue weighted by Crippen LogP contribution is 2.36. The summed E-state index contributed by atoms with van der Waals surface area (Å²) in [7, 11) is 3.04. The molecule has 0 aromatic heterocycles. The molecule has 0 bridgehead atoms.